The van der Waals surface area contributed by atoms with Gasteiger partial charge in [-0.3, -0.25) is 4.79 Å². The Hall–Kier alpha value is -3.50. The standard InChI is InChI=1S/C23H24N6O/c1-28-10-12-29(13-11-28)23(30)19-5-2-17(3-6-19)8-9-25-22-20-14-18(15-24)4-7-21(20)26-16-27-22/h2-7,14,16H,8-13H2,1H3,(H,25,26,27). The van der Waals surface area contributed by atoms with Crippen LogP contribution in [-0.4, -0.2) is 65.4 Å². The monoisotopic (exact) mass is 400 g/mol. The van der Waals surface area contributed by atoms with Gasteiger partial charge in [0.15, 0.2) is 0 Å². The molecule has 7 nitrogen and oxygen atoms in total. The number of anilines is 1. The van der Waals surface area contributed by atoms with Crippen LogP contribution in [0.5, 0.6) is 0 Å². The van der Waals surface area contributed by atoms with E-state index in [1.807, 2.05) is 35.2 Å². The number of hydrogen-bond acceptors (Lipinski definition) is 6. The molecule has 1 N–H and O–H groups in total. The molecule has 30 heavy (non-hydrogen) atoms. The van der Waals surface area contributed by atoms with E-state index in [1.54, 1.807) is 12.1 Å². The van der Waals surface area contributed by atoms with Crippen molar-refractivity contribution in [2.75, 3.05) is 45.1 Å². The van der Waals surface area contributed by atoms with Crippen LogP contribution in [0.4, 0.5) is 5.82 Å². The molecule has 1 fully saturated rings. The number of nitrogens with zero attached hydrogens (tertiary/aromatic N) is 5. The summed E-state index contributed by atoms with van der Waals surface area (Å²) in [6, 6.07) is 15.4. The number of amides is 1. The molecule has 1 aliphatic rings. The van der Waals surface area contributed by atoms with Crippen LogP contribution in [0.2, 0.25) is 0 Å². The number of fused-ring (bicyclic) bond motifs is 1. The highest BCUT2D eigenvalue weighted by Crippen LogP contribution is 2.20. The highest BCUT2D eigenvalue weighted by molar-refractivity contribution is 5.94. The van der Waals surface area contributed by atoms with E-state index in [4.69, 9.17) is 5.26 Å². The Morgan fingerprint density at radius 2 is 1.87 bits per heavy atom. The lowest BCUT2D eigenvalue weighted by Gasteiger charge is -2.32. The molecule has 0 spiro atoms. The van der Waals surface area contributed by atoms with Crippen molar-refractivity contribution in [1.29, 1.82) is 5.26 Å². The summed E-state index contributed by atoms with van der Waals surface area (Å²) >= 11 is 0. The van der Waals surface area contributed by atoms with Gasteiger partial charge in [-0.25, -0.2) is 9.97 Å². The molecule has 4 rings (SSSR count). The molecule has 0 aliphatic carbocycles. The third-order valence-corrected chi connectivity index (χ3v) is 5.46. The minimum absolute atomic E-state index is 0.105. The maximum absolute atomic E-state index is 12.7. The van der Waals surface area contributed by atoms with E-state index < -0.39 is 0 Å². The van der Waals surface area contributed by atoms with Gasteiger partial charge in [0.25, 0.3) is 5.91 Å². The van der Waals surface area contributed by atoms with Crippen LogP contribution in [0.25, 0.3) is 10.9 Å². The number of nitriles is 1. The third kappa shape index (κ3) is 4.39. The van der Waals surface area contributed by atoms with Crippen molar-refractivity contribution in [3.63, 3.8) is 0 Å². The summed E-state index contributed by atoms with van der Waals surface area (Å²) in [5.41, 5.74) is 3.27. The van der Waals surface area contributed by atoms with E-state index in [9.17, 15) is 4.79 Å². The predicted molar refractivity (Wildman–Crippen MR) is 116 cm³/mol. The lowest BCUT2D eigenvalue weighted by atomic mass is 10.1. The van der Waals surface area contributed by atoms with E-state index in [1.165, 1.54) is 6.33 Å². The molecule has 0 bridgehead atoms. The molecule has 1 aromatic heterocycles. The zero-order valence-electron chi connectivity index (χ0n) is 17.0. The van der Waals surface area contributed by atoms with Crippen LogP contribution in [-0.2, 0) is 6.42 Å². The Morgan fingerprint density at radius 1 is 1.10 bits per heavy atom. The summed E-state index contributed by atoms with van der Waals surface area (Å²) in [5.74, 6) is 0.826. The highest BCUT2D eigenvalue weighted by atomic mass is 16.2. The minimum Gasteiger partial charge on any atom is -0.369 e. The van der Waals surface area contributed by atoms with E-state index >= 15 is 0 Å². The van der Waals surface area contributed by atoms with Crippen LogP contribution in [0.1, 0.15) is 21.5 Å². The normalized spacial score (nSPS) is 14.5. The molecule has 1 saturated heterocycles. The molecule has 1 amide bonds. The van der Waals surface area contributed by atoms with Crippen molar-refractivity contribution in [2.45, 2.75) is 6.42 Å². The first-order chi connectivity index (χ1) is 14.6. The minimum atomic E-state index is 0.105. The Balaban J connectivity index is 1.36. The molecule has 0 radical (unpaired) electrons. The number of likely N-dealkylation sites (N-methyl/N-ethyl adjacent to an activating group) is 1. The second-order valence-corrected chi connectivity index (χ2v) is 7.54. The summed E-state index contributed by atoms with van der Waals surface area (Å²) in [6.07, 6.45) is 2.32. The Bertz CT molecular complexity index is 1080. The summed E-state index contributed by atoms with van der Waals surface area (Å²) in [4.78, 5) is 25.4. The molecule has 152 valence electrons. The molecule has 2 heterocycles. The van der Waals surface area contributed by atoms with Gasteiger partial charge in [0.1, 0.15) is 12.1 Å². The van der Waals surface area contributed by atoms with Crippen molar-refractivity contribution in [2.24, 2.45) is 0 Å². The summed E-state index contributed by atoms with van der Waals surface area (Å²) in [5, 5.41) is 13.3. The highest BCUT2D eigenvalue weighted by Gasteiger charge is 2.20. The first-order valence-electron chi connectivity index (χ1n) is 10.1. The number of benzene rings is 2. The Labute approximate surface area is 176 Å². The number of nitrogens with one attached hydrogen (secondary N) is 1. The molecular weight excluding hydrogens is 376 g/mol. The van der Waals surface area contributed by atoms with E-state index in [-0.39, 0.29) is 5.91 Å². The van der Waals surface area contributed by atoms with Gasteiger partial charge >= 0.3 is 0 Å². The molecular formula is C23H24N6O. The van der Waals surface area contributed by atoms with Crippen LogP contribution >= 0.6 is 0 Å². The van der Waals surface area contributed by atoms with E-state index in [0.717, 1.165) is 60.4 Å². The fourth-order valence-corrected chi connectivity index (χ4v) is 3.60. The molecule has 0 saturated carbocycles. The third-order valence-electron chi connectivity index (χ3n) is 5.46. The van der Waals surface area contributed by atoms with Gasteiger partial charge in [0.05, 0.1) is 17.1 Å². The van der Waals surface area contributed by atoms with Gasteiger partial charge in [-0.15, -0.1) is 0 Å². The zero-order chi connectivity index (χ0) is 20.9. The zero-order valence-corrected chi connectivity index (χ0v) is 17.0. The van der Waals surface area contributed by atoms with E-state index in [2.05, 4.69) is 33.3 Å². The summed E-state index contributed by atoms with van der Waals surface area (Å²) in [6.45, 7) is 4.09. The van der Waals surface area contributed by atoms with Gasteiger partial charge in [-0.05, 0) is 49.4 Å². The Kier molecular flexibility index (Phi) is 5.87. The van der Waals surface area contributed by atoms with Crippen molar-refractivity contribution in [3.8, 4) is 6.07 Å². The van der Waals surface area contributed by atoms with Crippen molar-refractivity contribution in [3.05, 3.63) is 65.5 Å². The predicted octanol–water partition coefficient (Wildman–Crippen LogP) is 2.54. The first-order valence-corrected chi connectivity index (χ1v) is 10.1. The van der Waals surface area contributed by atoms with Gasteiger partial charge in [-0.1, -0.05) is 12.1 Å². The largest absolute Gasteiger partial charge is 0.369 e. The van der Waals surface area contributed by atoms with Crippen LogP contribution in [0, 0.1) is 11.3 Å². The van der Waals surface area contributed by atoms with Gasteiger partial charge < -0.3 is 15.1 Å². The van der Waals surface area contributed by atoms with Gasteiger partial charge in [-0.2, -0.15) is 5.26 Å². The topological polar surface area (TPSA) is 85.2 Å². The number of carbonyl (C=O) groups is 1. The SMILES string of the molecule is CN1CCN(C(=O)c2ccc(CCNc3ncnc4ccc(C#N)cc34)cc2)CC1. The smallest absolute Gasteiger partial charge is 0.253 e. The number of rotatable bonds is 5. The van der Waals surface area contributed by atoms with Crippen molar-refractivity contribution >= 4 is 22.6 Å². The molecule has 7 heteroatoms. The second kappa shape index (κ2) is 8.89. The summed E-state index contributed by atoms with van der Waals surface area (Å²) in [7, 11) is 2.08. The number of piperazine rings is 1. The van der Waals surface area contributed by atoms with Crippen LogP contribution in [0.3, 0.4) is 0 Å². The molecule has 2 aromatic carbocycles. The van der Waals surface area contributed by atoms with Crippen molar-refractivity contribution < 1.29 is 4.79 Å². The maximum atomic E-state index is 12.7. The molecule has 3 aromatic rings. The maximum Gasteiger partial charge on any atom is 0.253 e. The summed E-state index contributed by atoms with van der Waals surface area (Å²) < 4.78 is 0. The average Bonchev–Trinajstić information content (AvgIpc) is 2.79. The van der Waals surface area contributed by atoms with Crippen molar-refractivity contribution in [1.82, 2.24) is 19.8 Å². The average molecular weight is 400 g/mol. The first kappa shape index (κ1) is 19.8. The van der Waals surface area contributed by atoms with Gasteiger partial charge in [0, 0.05) is 43.7 Å². The van der Waals surface area contributed by atoms with Crippen LogP contribution < -0.4 is 5.32 Å². The number of hydrogen-bond donors (Lipinski definition) is 1. The number of aromatic nitrogens is 2. The molecule has 0 atom stereocenters. The Morgan fingerprint density at radius 3 is 2.60 bits per heavy atom. The molecule has 1 aliphatic heterocycles. The quantitative estimate of drug-likeness (QED) is 0.708. The fourth-order valence-electron chi connectivity index (χ4n) is 3.60. The lowest BCUT2D eigenvalue weighted by molar-refractivity contribution is 0.0664. The van der Waals surface area contributed by atoms with Gasteiger partial charge in [0.2, 0.25) is 0 Å². The number of carbonyl (C=O) groups excluding carboxylic acids is 1. The fraction of sp³-hybridized carbons (Fsp3) is 0.304. The van der Waals surface area contributed by atoms with E-state index in [0.29, 0.717) is 12.1 Å². The molecule has 0 unspecified atom stereocenters. The second-order valence-electron chi connectivity index (χ2n) is 7.54. The van der Waals surface area contributed by atoms with Crippen LogP contribution in [0.15, 0.2) is 48.8 Å². The lowest BCUT2D eigenvalue weighted by Crippen LogP contribution is -2.47.